The summed E-state index contributed by atoms with van der Waals surface area (Å²) < 4.78 is 21.5. The monoisotopic (exact) mass is 427 g/mol. The molecule has 0 aromatic heterocycles. The van der Waals surface area contributed by atoms with Crippen LogP contribution < -0.4 is 24.3 Å². The van der Waals surface area contributed by atoms with Gasteiger partial charge in [-0.25, -0.2) is 0 Å². The molecule has 1 amide bonds. The Hall–Kier alpha value is -2.31. The highest BCUT2D eigenvalue weighted by atomic mass is 35.5. The van der Waals surface area contributed by atoms with Crippen LogP contribution >= 0.6 is 23.2 Å². The van der Waals surface area contributed by atoms with Crippen molar-refractivity contribution < 1.29 is 23.7 Å². The minimum atomic E-state index is -0.407. The van der Waals surface area contributed by atoms with Crippen molar-refractivity contribution >= 4 is 34.8 Å². The zero-order valence-corrected chi connectivity index (χ0v) is 17.9. The fourth-order valence-corrected chi connectivity index (χ4v) is 2.90. The van der Waals surface area contributed by atoms with E-state index < -0.39 is 5.91 Å². The molecule has 2 aromatic carbocycles. The zero-order chi connectivity index (χ0) is 20.8. The fourth-order valence-electron chi connectivity index (χ4n) is 2.39. The first-order valence-corrected chi connectivity index (χ1v) is 9.29. The van der Waals surface area contributed by atoms with Gasteiger partial charge in [-0.3, -0.25) is 4.79 Å². The minimum Gasteiger partial charge on any atom is -0.495 e. The predicted molar refractivity (Wildman–Crippen MR) is 111 cm³/mol. The SMILES string of the molecule is COc1cc(OC)c(NC(=O)c2cc(Cl)c(OCC(C)C)c(OC)c2)cc1Cl. The summed E-state index contributed by atoms with van der Waals surface area (Å²) in [5, 5.41) is 3.38. The third-order valence-electron chi connectivity index (χ3n) is 3.77. The smallest absolute Gasteiger partial charge is 0.255 e. The molecule has 0 radical (unpaired) electrons. The minimum absolute atomic E-state index is 0.282. The maximum absolute atomic E-state index is 12.7. The second kappa shape index (κ2) is 9.75. The van der Waals surface area contributed by atoms with Crippen LogP contribution in [0.3, 0.4) is 0 Å². The molecule has 0 saturated heterocycles. The number of nitrogens with one attached hydrogen (secondary N) is 1. The first-order valence-electron chi connectivity index (χ1n) is 8.53. The fraction of sp³-hybridized carbons (Fsp3) is 0.350. The molecule has 0 aliphatic rings. The van der Waals surface area contributed by atoms with E-state index in [4.69, 9.17) is 42.1 Å². The molecule has 0 spiro atoms. The lowest BCUT2D eigenvalue weighted by atomic mass is 10.1. The van der Waals surface area contributed by atoms with Gasteiger partial charge < -0.3 is 24.3 Å². The molecule has 1 N–H and O–H groups in total. The normalized spacial score (nSPS) is 10.6. The molecule has 0 aliphatic carbocycles. The average molecular weight is 428 g/mol. The molecule has 8 heteroatoms. The maximum atomic E-state index is 12.7. The summed E-state index contributed by atoms with van der Waals surface area (Å²) in [5.74, 6) is 1.53. The number of methoxy groups -OCH3 is 3. The molecular weight excluding hydrogens is 405 g/mol. The number of ether oxygens (including phenoxy) is 4. The van der Waals surface area contributed by atoms with Gasteiger partial charge in [-0.15, -0.1) is 0 Å². The van der Waals surface area contributed by atoms with Crippen LogP contribution in [0.25, 0.3) is 0 Å². The number of hydrogen-bond acceptors (Lipinski definition) is 5. The molecule has 0 fully saturated rings. The lowest BCUT2D eigenvalue weighted by molar-refractivity contribution is 0.102. The number of halogens is 2. The van der Waals surface area contributed by atoms with Crippen molar-refractivity contribution in [3.8, 4) is 23.0 Å². The average Bonchev–Trinajstić information content (AvgIpc) is 2.66. The van der Waals surface area contributed by atoms with Crippen LogP contribution in [0, 0.1) is 5.92 Å². The summed E-state index contributed by atoms with van der Waals surface area (Å²) in [5.41, 5.74) is 0.696. The van der Waals surface area contributed by atoms with Crippen molar-refractivity contribution in [1.82, 2.24) is 0 Å². The highest BCUT2D eigenvalue weighted by molar-refractivity contribution is 6.33. The van der Waals surface area contributed by atoms with E-state index in [-0.39, 0.29) is 5.02 Å². The van der Waals surface area contributed by atoms with E-state index in [2.05, 4.69) is 5.32 Å². The third-order valence-corrected chi connectivity index (χ3v) is 4.35. The molecule has 28 heavy (non-hydrogen) atoms. The van der Waals surface area contributed by atoms with E-state index in [1.165, 1.54) is 27.4 Å². The molecule has 0 heterocycles. The summed E-state index contributed by atoms with van der Waals surface area (Å²) >= 11 is 12.5. The van der Waals surface area contributed by atoms with Crippen LogP contribution in [-0.2, 0) is 0 Å². The quantitative estimate of drug-likeness (QED) is 0.618. The van der Waals surface area contributed by atoms with E-state index in [0.717, 1.165) is 0 Å². The topological polar surface area (TPSA) is 66.0 Å². The number of carbonyl (C=O) groups is 1. The lowest BCUT2D eigenvalue weighted by Crippen LogP contribution is -2.14. The highest BCUT2D eigenvalue weighted by Gasteiger charge is 2.18. The van der Waals surface area contributed by atoms with E-state index in [0.29, 0.717) is 51.8 Å². The maximum Gasteiger partial charge on any atom is 0.255 e. The van der Waals surface area contributed by atoms with Gasteiger partial charge in [0.1, 0.15) is 11.5 Å². The molecule has 152 valence electrons. The number of rotatable bonds is 8. The molecule has 6 nitrogen and oxygen atoms in total. The van der Waals surface area contributed by atoms with Crippen LogP contribution in [-0.4, -0.2) is 33.8 Å². The first-order chi connectivity index (χ1) is 13.3. The summed E-state index contributed by atoms with van der Waals surface area (Å²) in [4.78, 5) is 12.7. The van der Waals surface area contributed by atoms with Gasteiger partial charge in [0.05, 0.1) is 43.7 Å². The van der Waals surface area contributed by atoms with Gasteiger partial charge in [-0.1, -0.05) is 37.0 Å². The van der Waals surface area contributed by atoms with Gasteiger partial charge in [-0.2, -0.15) is 0 Å². The molecular formula is C20H23Cl2NO5. The second-order valence-corrected chi connectivity index (χ2v) is 7.15. The Kier molecular flexibility index (Phi) is 7.66. The van der Waals surface area contributed by atoms with E-state index in [1.54, 1.807) is 18.2 Å². The number of benzene rings is 2. The van der Waals surface area contributed by atoms with Crippen LogP contribution in [0.15, 0.2) is 24.3 Å². The summed E-state index contributed by atoms with van der Waals surface area (Å²) in [6.07, 6.45) is 0. The zero-order valence-electron chi connectivity index (χ0n) is 16.4. The van der Waals surface area contributed by atoms with Crippen LogP contribution in [0.2, 0.25) is 10.0 Å². The molecule has 0 saturated carbocycles. The number of hydrogen-bond donors (Lipinski definition) is 1. The Labute approximate surface area is 174 Å². The standard InChI is InChI=1S/C20H23Cl2NO5/c1-11(2)10-28-19-14(22)6-12(7-18(19)27-5)20(24)23-15-8-13(21)16(25-3)9-17(15)26-4/h6-9,11H,10H2,1-5H3,(H,23,24). The summed E-state index contributed by atoms with van der Waals surface area (Å²) in [6.45, 7) is 4.52. The second-order valence-electron chi connectivity index (χ2n) is 6.34. The third kappa shape index (κ3) is 5.14. The van der Waals surface area contributed by atoms with Crippen molar-refractivity contribution in [2.75, 3.05) is 33.3 Å². The Morgan fingerprint density at radius 1 is 0.929 bits per heavy atom. The van der Waals surface area contributed by atoms with Gasteiger partial charge in [0.2, 0.25) is 0 Å². The lowest BCUT2D eigenvalue weighted by Gasteiger charge is -2.16. The van der Waals surface area contributed by atoms with Crippen molar-refractivity contribution in [2.45, 2.75) is 13.8 Å². The van der Waals surface area contributed by atoms with E-state index >= 15 is 0 Å². The molecule has 0 bridgehead atoms. The Morgan fingerprint density at radius 3 is 2.14 bits per heavy atom. The van der Waals surface area contributed by atoms with Crippen molar-refractivity contribution in [3.63, 3.8) is 0 Å². The number of carbonyl (C=O) groups excluding carboxylic acids is 1. The van der Waals surface area contributed by atoms with Crippen molar-refractivity contribution in [1.29, 1.82) is 0 Å². The molecule has 2 aromatic rings. The molecule has 2 rings (SSSR count). The van der Waals surface area contributed by atoms with Crippen molar-refractivity contribution in [3.05, 3.63) is 39.9 Å². The van der Waals surface area contributed by atoms with Gasteiger partial charge in [-0.05, 0) is 24.1 Å². The summed E-state index contributed by atoms with van der Waals surface area (Å²) in [7, 11) is 4.47. The number of anilines is 1. The molecule has 0 atom stereocenters. The van der Waals surface area contributed by atoms with Gasteiger partial charge >= 0.3 is 0 Å². The predicted octanol–water partition coefficient (Wildman–Crippen LogP) is 5.31. The largest absolute Gasteiger partial charge is 0.495 e. The van der Waals surface area contributed by atoms with Crippen LogP contribution in [0.4, 0.5) is 5.69 Å². The van der Waals surface area contributed by atoms with E-state index in [1.807, 2.05) is 13.8 Å². The Bertz CT molecular complexity index is 855. The summed E-state index contributed by atoms with van der Waals surface area (Å²) in [6, 6.07) is 6.23. The van der Waals surface area contributed by atoms with Crippen LogP contribution in [0.5, 0.6) is 23.0 Å². The van der Waals surface area contributed by atoms with Gasteiger partial charge in [0, 0.05) is 11.6 Å². The number of amides is 1. The van der Waals surface area contributed by atoms with E-state index in [9.17, 15) is 4.79 Å². The Balaban J connectivity index is 2.32. The highest BCUT2D eigenvalue weighted by Crippen LogP contribution is 2.38. The van der Waals surface area contributed by atoms with Crippen molar-refractivity contribution in [2.24, 2.45) is 5.92 Å². The van der Waals surface area contributed by atoms with Gasteiger partial charge in [0.25, 0.3) is 5.91 Å². The Morgan fingerprint density at radius 2 is 1.57 bits per heavy atom. The van der Waals surface area contributed by atoms with Gasteiger partial charge in [0.15, 0.2) is 11.5 Å². The van der Waals surface area contributed by atoms with Crippen LogP contribution in [0.1, 0.15) is 24.2 Å². The molecule has 0 aliphatic heterocycles. The molecule has 0 unspecified atom stereocenters. The first kappa shape index (κ1) is 22.0.